The molecule has 2 aromatic rings. The van der Waals surface area contributed by atoms with E-state index >= 15 is 0 Å². The normalized spacial score (nSPS) is 14.4. The first-order chi connectivity index (χ1) is 10.9. The molecule has 2 aromatic carbocycles. The highest BCUT2D eigenvalue weighted by molar-refractivity contribution is 9.10. The van der Waals surface area contributed by atoms with Crippen LogP contribution < -0.4 is 0 Å². The summed E-state index contributed by atoms with van der Waals surface area (Å²) < 4.78 is 27.0. The van der Waals surface area contributed by atoms with Gasteiger partial charge in [0.05, 0.1) is 11.0 Å². The van der Waals surface area contributed by atoms with Crippen LogP contribution in [0.15, 0.2) is 57.9 Å². The van der Waals surface area contributed by atoms with Crippen LogP contribution in [0.4, 0.5) is 0 Å². The molecule has 2 unspecified atom stereocenters. The number of hydrogen-bond acceptors (Lipinski definition) is 3. The van der Waals surface area contributed by atoms with Crippen LogP contribution in [0.1, 0.15) is 36.1 Å². The molecule has 0 saturated heterocycles. The minimum Gasteiger partial charge on any atom is -0.391 e. The molecule has 0 amide bonds. The zero-order valence-corrected chi connectivity index (χ0v) is 15.6. The second-order valence-corrected chi connectivity index (χ2v) is 8.67. The summed E-state index contributed by atoms with van der Waals surface area (Å²) in [6.07, 6.45) is 0.219. The van der Waals surface area contributed by atoms with Gasteiger partial charge in [-0.2, -0.15) is 0 Å². The first-order valence-corrected chi connectivity index (χ1v) is 9.94. The summed E-state index contributed by atoms with van der Waals surface area (Å²) >= 11 is 3.35. The number of rotatable bonds is 6. The summed E-state index contributed by atoms with van der Waals surface area (Å²) in [5, 5.41) is 9.53. The molecule has 0 aromatic heterocycles. The molecule has 0 aliphatic carbocycles. The van der Waals surface area contributed by atoms with E-state index in [1.54, 1.807) is 48.5 Å². The van der Waals surface area contributed by atoms with Crippen molar-refractivity contribution in [2.75, 3.05) is 0 Å². The molecule has 3 nitrogen and oxygen atoms in total. The van der Waals surface area contributed by atoms with E-state index in [-0.39, 0.29) is 4.90 Å². The van der Waals surface area contributed by atoms with E-state index < -0.39 is 21.2 Å². The quantitative estimate of drug-likeness (QED) is 0.785. The average molecular weight is 397 g/mol. The zero-order chi connectivity index (χ0) is 17.0. The van der Waals surface area contributed by atoms with Crippen molar-refractivity contribution in [3.8, 4) is 0 Å². The first kappa shape index (κ1) is 18.2. The van der Waals surface area contributed by atoms with Crippen LogP contribution in [-0.2, 0) is 9.84 Å². The molecule has 2 rings (SSSR count). The van der Waals surface area contributed by atoms with Gasteiger partial charge < -0.3 is 5.11 Å². The highest BCUT2D eigenvalue weighted by atomic mass is 79.9. The predicted molar refractivity (Wildman–Crippen MR) is 96.2 cm³/mol. The summed E-state index contributed by atoms with van der Waals surface area (Å²) in [5.41, 5.74) is 1.60. The molecule has 5 heteroatoms. The molecule has 0 bridgehead atoms. The van der Waals surface area contributed by atoms with Crippen LogP contribution in [0, 0.1) is 6.92 Å². The molecule has 124 valence electrons. The lowest BCUT2D eigenvalue weighted by Gasteiger charge is -2.23. The second kappa shape index (κ2) is 7.60. The molecule has 0 saturated carbocycles. The Hall–Kier alpha value is -1.17. The van der Waals surface area contributed by atoms with Crippen molar-refractivity contribution in [1.82, 2.24) is 0 Å². The van der Waals surface area contributed by atoms with Crippen LogP contribution in [0.25, 0.3) is 0 Å². The fraction of sp³-hybridized carbons (Fsp3) is 0.333. The highest BCUT2D eigenvalue weighted by Crippen LogP contribution is 2.34. The standard InChI is InChI=1S/C18H21BrO3S/c1-3-4-17(20)18(14-7-9-15(19)10-8-14)23(21,22)16-11-5-13(2)6-12-16/h5-12,17-18,20H,3-4H2,1-2H3. The highest BCUT2D eigenvalue weighted by Gasteiger charge is 2.34. The first-order valence-electron chi connectivity index (χ1n) is 7.60. The third-order valence-electron chi connectivity index (χ3n) is 3.82. The van der Waals surface area contributed by atoms with Crippen molar-refractivity contribution >= 4 is 25.8 Å². The second-order valence-electron chi connectivity index (χ2n) is 5.69. The Balaban J connectivity index is 2.51. The van der Waals surface area contributed by atoms with Gasteiger partial charge in [-0.25, -0.2) is 8.42 Å². The smallest absolute Gasteiger partial charge is 0.187 e. The van der Waals surface area contributed by atoms with Gasteiger partial charge in [-0.1, -0.05) is 59.1 Å². The Morgan fingerprint density at radius 1 is 1.04 bits per heavy atom. The van der Waals surface area contributed by atoms with Gasteiger partial charge in [0.15, 0.2) is 9.84 Å². The Kier molecular flexibility index (Phi) is 6.00. The van der Waals surface area contributed by atoms with E-state index in [4.69, 9.17) is 0 Å². The molecule has 0 fully saturated rings. The van der Waals surface area contributed by atoms with Gasteiger partial charge in [-0.15, -0.1) is 0 Å². The average Bonchev–Trinajstić information content (AvgIpc) is 2.50. The lowest BCUT2D eigenvalue weighted by molar-refractivity contribution is 0.157. The van der Waals surface area contributed by atoms with Gasteiger partial charge >= 0.3 is 0 Å². The maximum absolute atomic E-state index is 13.1. The monoisotopic (exact) mass is 396 g/mol. The largest absolute Gasteiger partial charge is 0.391 e. The van der Waals surface area contributed by atoms with E-state index in [0.29, 0.717) is 12.0 Å². The molecule has 2 atom stereocenters. The molecule has 0 radical (unpaired) electrons. The van der Waals surface area contributed by atoms with E-state index in [0.717, 1.165) is 16.5 Å². The minimum absolute atomic E-state index is 0.242. The molecule has 0 aliphatic rings. The maximum Gasteiger partial charge on any atom is 0.187 e. The maximum atomic E-state index is 13.1. The Bertz CT molecular complexity index is 737. The van der Waals surface area contributed by atoms with Crippen LogP contribution in [0.2, 0.25) is 0 Å². The molecule has 23 heavy (non-hydrogen) atoms. The number of benzene rings is 2. The van der Waals surface area contributed by atoms with E-state index in [1.807, 2.05) is 13.8 Å². The number of sulfone groups is 1. The lowest BCUT2D eigenvalue weighted by Crippen LogP contribution is -2.26. The van der Waals surface area contributed by atoms with Gasteiger partial charge in [-0.3, -0.25) is 0 Å². The lowest BCUT2D eigenvalue weighted by atomic mass is 10.0. The van der Waals surface area contributed by atoms with Crippen molar-refractivity contribution in [3.63, 3.8) is 0 Å². The topological polar surface area (TPSA) is 54.4 Å². The van der Waals surface area contributed by atoms with Crippen molar-refractivity contribution in [2.45, 2.75) is 42.9 Å². The van der Waals surface area contributed by atoms with E-state index in [9.17, 15) is 13.5 Å². The number of aliphatic hydroxyl groups is 1. The minimum atomic E-state index is -3.67. The van der Waals surface area contributed by atoms with Gasteiger partial charge in [-0.05, 0) is 43.2 Å². The predicted octanol–water partition coefficient (Wildman–Crippen LogP) is 4.43. The van der Waals surface area contributed by atoms with Crippen LogP contribution in [0.5, 0.6) is 0 Å². The summed E-state index contributed by atoms with van der Waals surface area (Å²) in [5.74, 6) is 0. The fourth-order valence-corrected chi connectivity index (χ4v) is 4.72. The Labute approximate surface area is 146 Å². The number of aryl methyl sites for hydroxylation is 1. The van der Waals surface area contributed by atoms with E-state index in [2.05, 4.69) is 15.9 Å². The summed E-state index contributed by atoms with van der Waals surface area (Å²) in [7, 11) is -3.67. The Morgan fingerprint density at radius 3 is 2.13 bits per heavy atom. The van der Waals surface area contributed by atoms with Crippen LogP contribution in [0.3, 0.4) is 0 Å². The molecule has 0 aliphatic heterocycles. The summed E-state index contributed by atoms with van der Waals surface area (Å²) in [6.45, 7) is 3.84. The van der Waals surface area contributed by atoms with Gasteiger partial charge in [0, 0.05) is 4.47 Å². The van der Waals surface area contributed by atoms with E-state index in [1.165, 1.54) is 0 Å². The SMILES string of the molecule is CCCC(O)C(c1ccc(Br)cc1)S(=O)(=O)c1ccc(C)cc1. The van der Waals surface area contributed by atoms with Gasteiger partial charge in [0.2, 0.25) is 0 Å². The zero-order valence-electron chi connectivity index (χ0n) is 13.2. The summed E-state index contributed by atoms with van der Waals surface area (Å²) in [4.78, 5) is 0.242. The Morgan fingerprint density at radius 2 is 1.61 bits per heavy atom. The van der Waals surface area contributed by atoms with Crippen LogP contribution >= 0.6 is 15.9 Å². The number of aliphatic hydroxyl groups excluding tert-OH is 1. The number of hydrogen-bond donors (Lipinski definition) is 1. The van der Waals surface area contributed by atoms with Crippen molar-refractivity contribution in [3.05, 3.63) is 64.1 Å². The molecular weight excluding hydrogens is 376 g/mol. The molecule has 1 N–H and O–H groups in total. The van der Waals surface area contributed by atoms with Crippen molar-refractivity contribution < 1.29 is 13.5 Å². The third-order valence-corrected chi connectivity index (χ3v) is 6.53. The summed E-state index contributed by atoms with van der Waals surface area (Å²) in [6, 6.07) is 13.9. The number of halogens is 1. The fourth-order valence-electron chi connectivity index (χ4n) is 2.58. The molecule has 0 heterocycles. The van der Waals surface area contributed by atoms with Crippen molar-refractivity contribution in [2.24, 2.45) is 0 Å². The van der Waals surface area contributed by atoms with Gasteiger partial charge in [0.1, 0.15) is 5.25 Å². The van der Waals surface area contributed by atoms with Crippen LogP contribution in [-0.4, -0.2) is 19.6 Å². The third kappa shape index (κ3) is 4.22. The van der Waals surface area contributed by atoms with Gasteiger partial charge in [0.25, 0.3) is 0 Å². The van der Waals surface area contributed by atoms with Crippen molar-refractivity contribution in [1.29, 1.82) is 0 Å². The molecule has 0 spiro atoms. The molecular formula is C18H21BrO3S.